The smallest absolute Gasteiger partial charge is 0.0270 e. The van der Waals surface area contributed by atoms with Gasteiger partial charge in [-0.1, -0.05) is 28.8 Å². The molecule has 1 heterocycles. The molecule has 0 spiro atoms. The van der Waals surface area contributed by atoms with Crippen molar-refractivity contribution < 1.29 is 0 Å². The van der Waals surface area contributed by atoms with Gasteiger partial charge in [0.2, 0.25) is 0 Å². The van der Waals surface area contributed by atoms with Crippen LogP contribution in [0, 0.1) is 5.92 Å². The monoisotopic (exact) mass is 253 g/mol. The van der Waals surface area contributed by atoms with Crippen LogP contribution in [0.5, 0.6) is 0 Å². The van der Waals surface area contributed by atoms with Crippen molar-refractivity contribution >= 4 is 15.9 Å². The summed E-state index contributed by atoms with van der Waals surface area (Å²) >= 11 is 3.80. The molecule has 2 rings (SSSR count). The van der Waals surface area contributed by atoms with Gasteiger partial charge in [0.15, 0.2) is 0 Å². The second kappa shape index (κ2) is 4.92. The van der Waals surface area contributed by atoms with E-state index in [-0.39, 0.29) is 0 Å². The second-order valence-corrected chi connectivity index (χ2v) is 5.30. The van der Waals surface area contributed by atoms with E-state index < -0.39 is 0 Å². The zero-order valence-corrected chi connectivity index (χ0v) is 9.91. The van der Waals surface area contributed by atoms with Crippen LogP contribution in [0.4, 0.5) is 0 Å². The van der Waals surface area contributed by atoms with Gasteiger partial charge in [0.05, 0.1) is 0 Å². The Bertz CT molecular complexity index is 273. The first-order valence-corrected chi connectivity index (χ1v) is 6.31. The third kappa shape index (κ3) is 2.57. The summed E-state index contributed by atoms with van der Waals surface area (Å²) in [4.78, 5) is 4.77. The lowest BCUT2D eigenvalue weighted by Gasteiger charge is -2.27. The average Bonchev–Trinajstić information content (AvgIpc) is 2.23. The molecule has 0 radical (unpaired) electrons. The Hall–Kier alpha value is -0.370. The maximum absolute atomic E-state index is 4.05. The number of pyridine rings is 1. The van der Waals surface area contributed by atoms with Gasteiger partial charge >= 0.3 is 0 Å². The van der Waals surface area contributed by atoms with Crippen LogP contribution in [0.2, 0.25) is 0 Å². The lowest BCUT2D eigenvalue weighted by atomic mass is 9.85. The zero-order valence-electron chi connectivity index (χ0n) is 8.32. The normalized spacial score (nSPS) is 27.5. The molecule has 14 heavy (non-hydrogen) atoms. The van der Waals surface area contributed by atoms with Crippen LogP contribution in [0.3, 0.4) is 0 Å². The topological polar surface area (TPSA) is 12.9 Å². The van der Waals surface area contributed by atoms with Gasteiger partial charge in [-0.3, -0.25) is 4.98 Å². The Kier molecular flexibility index (Phi) is 3.57. The molecule has 0 aromatic carbocycles. The van der Waals surface area contributed by atoms with E-state index in [2.05, 4.69) is 33.0 Å². The molecule has 0 amide bonds. The highest BCUT2D eigenvalue weighted by molar-refractivity contribution is 9.09. The molecule has 76 valence electrons. The van der Waals surface area contributed by atoms with Gasteiger partial charge in [-0.05, 0) is 42.9 Å². The Morgan fingerprint density at radius 3 is 2.64 bits per heavy atom. The van der Waals surface area contributed by atoms with Crippen LogP contribution < -0.4 is 0 Å². The highest BCUT2D eigenvalue weighted by Crippen LogP contribution is 2.32. The van der Waals surface area contributed by atoms with Crippen molar-refractivity contribution in [2.45, 2.75) is 36.9 Å². The van der Waals surface area contributed by atoms with Gasteiger partial charge in [-0.15, -0.1) is 0 Å². The van der Waals surface area contributed by atoms with E-state index in [1.807, 2.05) is 12.4 Å². The van der Waals surface area contributed by atoms with Crippen molar-refractivity contribution in [2.24, 2.45) is 5.92 Å². The van der Waals surface area contributed by atoms with Crippen molar-refractivity contribution in [3.05, 3.63) is 30.1 Å². The Labute approximate surface area is 94.1 Å². The summed E-state index contributed by atoms with van der Waals surface area (Å²) in [7, 11) is 0. The van der Waals surface area contributed by atoms with E-state index in [0.29, 0.717) is 0 Å². The maximum Gasteiger partial charge on any atom is 0.0270 e. The van der Waals surface area contributed by atoms with Gasteiger partial charge in [-0.25, -0.2) is 0 Å². The lowest BCUT2D eigenvalue weighted by molar-refractivity contribution is 0.373. The average molecular weight is 254 g/mol. The highest BCUT2D eigenvalue weighted by atomic mass is 79.9. The number of rotatable bonds is 2. The van der Waals surface area contributed by atoms with Crippen molar-refractivity contribution in [3.63, 3.8) is 0 Å². The minimum Gasteiger partial charge on any atom is -0.265 e. The van der Waals surface area contributed by atoms with Crippen LogP contribution in [0.1, 0.15) is 31.2 Å². The van der Waals surface area contributed by atoms with Crippen LogP contribution in [0.25, 0.3) is 0 Å². The van der Waals surface area contributed by atoms with Crippen molar-refractivity contribution in [1.29, 1.82) is 0 Å². The summed E-state index contributed by atoms with van der Waals surface area (Å²) in [5.41, 5.74) is 1.43. The Morgan fingerprint density at radius 1 is 1.21 bits per heavy atom. The first kappa shape index (κ1) is 10.2. The van der Waals surface area contributed by atoms with Gasteiger partial charge in [-0.2, -0.15) is 0 Å². The number of hydrogen-bond acceptors (Lipinski definition) is 1. The summed E-state index contributed by atoms with van der Waals surface area (Å²) in [5, 5.41) is 0. The zero-order chi connectivity index (χ0) is 9.80. The minimum absolute atomic E-state index is 0.726. The molecule has 1 aliphatic carbocycles. The van der Waals surface area contributed by atoms with E-state index >= 15 is 0 Å². The molecule has 1 fully saturated rings. The van der Waals surface area contributed by atoms with Gasteiger partial charge in [0.25, 0.3) is 0 Å². The Balaban J connectivity index is 1.96. The summed E-state index contributed by atoms with van der Waals surface area (Å²) in [6, 6.07) is 4.27. The summed E-state index contributed by atoms with van der Waals surface area (Å²) in [5.74, 6) is 0.825. The molecule has 2 heteroatoms. The molecular weight excluding hydrogens is 238 g/mol. The molecule has 1 aromatic heterocycles. The molecule has 1 nitrogen and oxygen atoms in total. The molecule has 0 saturated heterocycles. The number of nitrogens with zero attached hydrogens (tertiary/aromatic N) is 1. The number of aromatic nitrogens is 1. The van der Waals surface area contributed by atoms with Crippen LogP contribution >= 0.6 is 15.9 Å². The van der Waals surface area contributed by atoms with Crippen LogP contribution in [-0.4, -0.2) is 9.81 Å². The van der Waals surface area contributed by atoms with Gasteiger partial charge < -0.3 is 0 Å². The Morgan fingerprint density at radius 2 is 1.93 bits per heavy atom. The second-order valence-electron chi connectivity index (χ2n) is 4.12. The third-order valence-corrected chi connectivity index (χ3v) is 4.27. The fraction of sp³-hybridized carbons (Fsp3) is 0.583. The standard InChI is InChI=1S/C12H16BrN/c13-12-4-2-1-3-11(12)9-10-5-7-14-8-6-10/h5-8,11-12H,1-4,9H2. The van der Waals surface area contributed by atoms with E-state index in [1.165, 1.54) is 37.7 Å². The maximum atomic E-state index is 4.05. The van der Waals surface area contributed by atoms with Crippen molar-refractivity contribution in [2.75, 3.05) is 0 Å². The first-order chi connectivity index (χ1) is 6.86. The van der Waals surface area contributed by atoms with Crippen molar-refractivity contribution in [3.8, 4) is 0 Å². The quantitative estimate of drug-likeness (QED) is 0.735. The predicted molar refractivity (Wildman–Crippen MR) is 62.6 cm³/mol. The summed E-state index contributed by atoms with van der Waals surface area (Å²) < 4.78 is 0. The van der Waals surface area contributed by atoms with Crippen LogP contribution in [-0.2, 0) is 6.42 Å². The molecular formula is C12H16BrN. The van der Waals surface area contributed by atoms with Crippen molar-refractivity contribution in [1.82, 2.24) is 4.98 Å². The summed E-state index contributed by atoms with van der Waals surface area (Å²) in [6.45, 7) is 0. The fourth-order valence-corrected chi connectivity index (χ4v) is 2.99. The fourth-order valence-electron chi connectivity index (χ4n) is 2.21. The van der Waals surface area contributed by atoms with Gasteiger partial charge in [0, 0.05) is 17.2 Å². The third-order valence-electron chi connectivity index (χ3n) is 3.06. The molecule has 1 aliphatic rings. The molecule has 1 saturated carbocycles. The largest absolute Gasteiger partial charge is 0.265 e. The first-order valence-electron chi connectivity index (χ1n) is 5.39. The highest BCUT2D eigenvalue weighted by Gasteiger charge is 2.22. The number of hydrogen-bond donors (Lipinski definition) is 0. The lowest BCUT2D eigenvalue weighted by Crippen LogP contribution is -2.21. The van der Waals surface area contributed by atoms with E-state index in [4.69, 9.17) is 0 Å². The molecule has 1 aromatic rings. The predicted octanol–water partition coefficient (Wildman–Crippen LogP) is 3.58. The van der Waals surface area contributed by atoms with E-state index in [9.17, 15) is 0 Å². The minimum atomic E-state index is 0.726. The molecule has 2 unspecified atom stereocenters. The molecule has 0 aliphatic heterocycles. The molecule has 0 N–H and O–H groups in total. The van der Waals surface area contributed by atoms with E-state index in [0.717, 1.165) is 10.7 Å². The number of halogens is 1. The van der Waals surface area contributed by atoms with Gasteiger partial charge in [0.1, 0.15) is 0 Å². The SMILES string of the molecule is BrC1CCCCC1Cc1ccncc1. The summed E-state index contributed by atoms with van der Waals surface area (Å²) in [6.07, 6.45) is 10.5. The van der Waals surface area contributed by atoms with Crippen LogP contribution in [0.15, 0.2) is 24.5 Å². The van der Waals surface area contributed by atoms with E-state index in [1.54, 1.807) is 0 Å². The number of alkyl halides is 1. The molecule has 0 bridgehead atoms. The molecule has 2 atom stereocenters.